The molecule has 0 aliphatic rings. The van der Waals surface area contributed by atoms with Crippen molar-refractivity contribution in [1.29, 1.82) is 0 Å². The maximum atomic E-state index is 13.7. The van der Waals surface area contributed by atoms with Crippen molar-refractivity contribution in [3.05, 3.63) is 58.9 Å². The van der Waals surface area contributed by atoms with Gasteiger partial charge in [-0.25, -0.2) is 4.39 Å². The van der Waals surface area contributed by atoms with Crippen LogP contribution in [0.5, 0.6) is 0 Å². The van der Waals surface area contributed by atoms with Crippen molar-refractivity contribution in [3.8, 4) is 0 Å². The zero-order chi connectivity index (χ0) is 13.1. The van der Waals surface area contributed by atoms with Crippen LogP contribution in [0.3, 0.4) is 0 Å². The smallest absolute Gasteiger partial charge is 0.148 e. The van der Waals surface area contributed by atoms with Crippen LogP contribution >= 0.6 is 23.8 Å². The van der Waals surface area contributed by atoms with E-state index in [1.54, 1.807) is 30.3 Å². The van der Waals surface area contributed by atoms with Crippen LogP contribution in [0.25, 0.3) is 0 Å². The van der Waals surface area contributed by atoms with E-state index in [2.05, 4.69) is 5.32 Å². The van der Waals surface area contributed by atoms with Gasteiger partial charge in [0.05, 0.1) is 10.7 Å². The van der Waals surface area contributed by atoms with Crippen molar-refractivity contribution in [3.63, 3.8) is 0 Å². The highest BCUT2D eigenvalue weighted by Gasteiger charge is 2.10. The van der Waals surface area contributed by atoms with E-state index < -0.39 is 5.82 Å². The lowest BCUT2D eigenvalue weighted by atomic mass is 10.1. The number of para-hydroxylation sites is 2. The summed E-state index contributed by atoms with van der Waals surface area (Å²) in [4.78, 5) is 0.241. The molecule has 0 heterocycles. The van der Waals surface area contributed by atoms with Gasteiger partial charge in [0.1, 0.15) is 10.8 Å². The molecule has 0 saturated heterocycles. The molecule has 92 valence electrons. The van der Waals surface area contributed by atoms with Gasteiger partial charge in [-0.15, -0.1) is 0 Å². The first-order valence-electron chi connectivity index (χ1n) is 5.19. The predicted molar refractivity (Wildman–Crippen MR) is 77.0 cm³/mol. The Morgan fingerprint density at radius 2 is 1.89 bits per heavy atom. The number of hydrogen-bond donors (Lipinski definition) is 2. The highest BCUT2D eigenvalue weighted by atomic mass is 35.5. The van der Waals surface area contributed by atoms with Gasteiger partial charge < -0.3 is 11.1 Å². The number of benzene rings is 2. The van der Waals surface area contributed by atoms with Gasteiger partial charge in [-0.2, -0.15) is 0 Å². The summed E-state index contributed by atoms with van der Waals surface area (Å²) in [6.45, 7) is 0. The molecule has 3 N–H and O–H groups in total. The van der Waals surface area contributed by atoms with Gasteiger partial charge in [0.2, 0.25) is 0 Å². The van der Waals surface area contributed by atoms with Crippen molar-refractivity contribution in [2.75, 3.05) is 5.32 Å². The van der Waals surface area contributed by atoms with E-state index in [0.717, 1.165) is 0 Å². The largest absolute Gasteiger partial charge is 0.389 e. The Hall–Kier alpha value is -1.65. The molecule has 2 rings (SSSR count). The van der Waals surface area contributed by atoms with E-state index in [9.17, 15) is 4.39 Å². The SMILES string of the molecule is NC(=S)c1ccccc1Nc1c(F)cccc1Cl. The van der Waals surface area contributed by atoms with Gasteiger partial charge in [0.15, 0.2) is 0 Å². The second-order valence-electron chi connectivity index (χ2n) is 3.63. The summed E-state index contributed by atoms with van der Waals surface area (Å²) >= 11 is 10.9. The van der Waals surface area contributed by atoms with E-state index in [1.807, 2.05) is 6.07 Å². The molecule has 0 atom stereocenters. The van der Waals surface area contributed by atoms with Crippen molar-refractivity contribution in [1.82, 2.24) is 0 Å². The summed E-state index contributed by atoms with van der Waals surface area (Å²) in [7, 11) is 0. The molecule has 18 heavy (non-hydrogen) atoms. The van der Waals surface area contributed by atoms with E-state index in [1.165, 1.54) is 6.07 Å². The molecule has 2 nitrogen and oxygen atoms in total. The molecule has 0 radical (unpaired) electrons. The maximum Gasteiger partial charge on any atom is 0.148 e. The molecule has 0 aliphatic heterocycles. The third-order valence-electron chi connectivity index (χ3n) is 2.41. The summed E-state index contributed by atoms with van der Waals surface area (Å²) in [5, 5.41) is 3.21. The highest BCUT2D eigenvalue weighted by Crippen LogP contribution is 2.29. The van der Waals surface area contributed by atoms with Crippen LogP contribution < -0.4 is 11.1 Å². The van der Waals surface area contributed by atoms with Gasteiger partial charge in [-0.05, 0) is 24.3 Å². The number of nitrogens with one attached hydrogen (secondary N) is 1. The molecule has 2 aromatic rings. The maximum absolute atomic E-state index is 13.7. The fourth-order valence-corrected chi connectivity index (χ4v) is 1.95. The van der Waals surface area contributed by atoms with Gasteiger partial charge in [0, 0.05) is 11.3 Å². The monoisotopic (exact) mass is 280 g/mol. The molecule has 0 aromatic heterocycles. The minimum atomic E-state index is -0.430. The second-order valence-corrected chi connectivity index (χ2v) is 4.48. The lowest BCUT2D eigenvalue weighted by Crippen LogP contribution is -2.12. The Labute approximate surface area is 115 Å². The zero-order valence-corrected chi connectivity index (χ0v) is 10.9. The quantitative estimate of drug-likeness (QED) is 0.839. The molecular formula is C13H10ClFN2S. The van der Waals surface area contributed by atoms with Crippen molar-refractivity contribution in [2.24, 2.45) is 5.73 Å². The molecule has 5 heteroatoms. The molecule has 0 unspecified atom stereocenters. The summed E-state index contributed by atoms with van der Waals surface area (Å²) in [6, 6.07) is 11.6. The first kappa shape index (κ1) is 12.8. The minimum Gasteiger partial charge on any atom is -0.389 e. The van der Waals surface area contributed by atoms with Crippen molar-refractivity contribution in [2.45, 2.75) is 0 Å². The average Bonchev–Trinajstić information content (AvgIpc) is 2.34. The summed E-state index contributed by atoms with van der Waals surface area (Å²) in [5.74, 6) is -0.430. The third kappa shape index (κ3) is 2.60. The Balaban J connectivity index is 2.43. The molecule has 0 bridgehead atoms. The van der Waals surface area contributed by atoms with Crippen LogP contribution in [-0.4, -0.2) is 4.99 Å². The molecule has 0 saturated carbocycles. The van der Waals surface area contributed by atoms with Crippen LogP contribution in [0.15, 0.2) is 42.5 Å². The Morgan fingerprint density at radius 1 is 1.17 bits per heavy atom. The molecule has 0 spiro atoms. The van der Waals surface area contributed by atoms with E-state index in [-0.39, 0.29) is 10.7 Å². The van der Waals surface area contributed by atoms with E-state index in [4.69, 9.17) is 29.6 Å². The topological polar surface area (TPSA) is 38.0 Å². The fraction of sp³-hybridized carbons (Fsp3) is 0. The number of rotatable bonds is 3. The standard InChI is InChI=1S/C13H10ClFN2S/c14-9-5-3-6-10(15)12(9)17-11-7-2-1-4-8(11)13(16)18/h1-7,17H,(H2,16,18). The number of nitrogens with two attached hydrogens (primary N) is 1. The molecule has 0 amide bonds. The summed E-state index contributed by atoms with van der Waals surface area (Å²) in [5.41, 5.74) is 7.09. The number of thiocarbonyl (C=S) groups is 1. The van der Waals surface area contributed by atoms with Gasteiger partial charge >= 0.3 is 0 Å². The lowest BCUT2D eigenvalue weighted by molar-refractivity contribution is 0.632. The number of anilines is 2. The van der Waals surface area contributed by atoms with E-state index in [0.29, 0.717) is 16.3 Å². The summed E-state index contributed by atoms with van der Waals surface area (Å²) in [6.07, 6.45) is 0. The average molecular weight is 281 g/mol. The molecule has 0 fully saturated rings. The van der Waals surface area contributed by atoms with Crippen LogP contribution in [0.4, 0.5) is 15.8 Å². The third-order valence-corrected chi connectivity index (χ3v) is 2.95. The fourth-order valence-electron chi connectivity index (χ4n) is 1.56. The Bertz CT molecular complexity index is 581. The second kappa shape index (κ2) is 5.33. The normalized spacial score (nSPS) is 10.1. The highest BCUT2D eigenvalue weighted by molar-refractivity contribution is 7.80. The number of halogens is 2. The molecule has 2 aromatic carbocycles. The predicted octanol–water partition coefficient (Wildman–Crippen LogP) is 3.86. The van der Waals surface area contributed by atoms with Crippen LogP contribution in [-0.2, 0) is 0 Å². The van der Waals surface area contributed by atoms with Crippen molar-refractivity contribution < 1.29 is 4.39 Å². The minimum absolute atomic E-state index is 0.211. The Kier molecular flexibility index (Phi) is 3.79. The Morgan fingerprint density at radius 3 is 2.56 bits per heavy atom. The van der Waals surface area contributed by atoms with Crippen molar-refractivity contribution >= 4 is 40.2 Å². The summed E-state index contributed by atoms with van der Waals surface area (Å²) < 4.78 is 13.7. The van der Waals surface area contributed by atoms with Crippen LogP contribution in [0.1, 0.15) is 5.56 Å². The van der Waals surface area contributed by atoms with Gasteiger partial charge in [-0.1, -0.05) is 42.0 Å². The first-order valence-corrected chi connectivity index (χ1v) is 5.98. The molecular weight excluding hydrogens is 271 g/mol. The van der Waals surface area contributed by atoms with E-state index >= 15 is 0 Å². The lowest BCUT2D eigenvalue weighted by Gasteiger charge is -2.12. The number of hydrogen-bond acceptors (Lipinski definition) is 2. The van der Waals surface area contributed by atoms with Crippen LogP contribution in [0, 0.1) is 5.82 Å². The van der Waals surface area contributed by atoms with Gasteiger partial charge in [0.25, 0.3) is 0 Å². The van der Waals surface area contributed by atoms with Crippen LogP contribution in [0.2, 0.25) is 5.02 Å². The van der Waals surface area contributed by atoms with Gasteiger partial charge in [-0.3, -0.25) is 0 Å². The first-order chi connectivity index (χ1) is 8.59. The molecule has 0 aliphatic carbocycles. The zero-order valence-electron chi connectivity index (χ0n) is 9.28.